The number of rotatable bonds is 4. The van der Waals surface area contributed by atoms with E-state index in [0.717, 1.165) is 44.9 Å². The summed E-state index contributed by atoms with van der Waals surface area (Å²) < 4.78 is 0. The molecule has 2 nitrogen and oxygen atoms in total. The van der Waals surface area contributed by atoms with Gasteiger partial charge in [-0.15, -0.1) is 0 Å². The monoisotopic (exact) mass is 434 g/mol. The molecule has 32 heavy (non-hydrogen) atoms. The Hall–Kier alpha value is -3.62. The Labute approximate surface area is 194 Å². The van der Waals surface area contributed by atoms with E-state index < -0.39 is 0 Å². The van der Waals surface area contributed by atoms with Crippen LogP contribution in [0, 0.1) is 0 Å². The molecule has 0 fully saturated rings. The second-order valence-corrected chi connectivity index (χ2v) is 8.52. The first kappa shape index (κ1) is 20.3. The van der Waals surface area contributed by atoms with Crippen LogP contribution < -0.4 is 0 Å². The molecule has 4 aromatic rings. The van der Waals surface area contributed by atoms with Gasteiger partial charge in [0.15, 0.2) is 0 Å². The molecule has 1 aromatic heterocycles. The molecule has 2 heterocycles. The van der Waals surface area contributed by atoms with Crippen molar-refractivity contribution in [2.75, 3.05) is 13.6 Å². The standard InChI is InChI=1S/C29H23ClN2/c1-32-13-5-11-26(20-32)22-7-3-9-24(15-22)28-16-27(17-29(30)18-28)23-8-2-6-21(14-23)25-10-4-12-31-19-25/h2-19H,20H2,1H3. The van der Waals surface area contributed by atoms with Crippen LogP contribution in [0.4, 0.5) is 0 Å². The fourth-order valence-corrected chi connectivity index (χ4v) is 4.34. The van der Waals surface area contributed by atoms with Crippen LogP contribution in [0.3, 0.4) is 0 Å². The maximum atomic E-state index is 6.58. The Morgan fingerprint density at radius 2 is 1.31 bits per heavy atom. The highest BCUT2D eigenvalue weighted by Crippen LogP contribution is 2.33. The number of aromatic nitrogens is 1. The zero-order chi connectivity index (χ0) is 21.9. The molecule has 0 aliphatic carbocycles. The van der Waals surface area contributed by atoms with Gasteiger partial charge in [-0.1, -0.05) is 60.1 Å². The maximum Gasteiger partial charge on any atom is 0.0426 e. The summed E-state index contributed by atoms with van der Waals surface area (Å²) in [7, 11) is 2.09. The highest BCUT2D eigenvalue weighted by Gasteiger charge is 2.10. The van der Waals surface area contributed by atoms with Gasteiger partial charge in [-0.3, -0.25) is 4.98 Å². The molecular formula is C29H23ClN2. The van der Waals surface area contributed by atoms with Gasteiger partial charge in [0.1, 0.15) is 0 Å². The third-order valence-electron chi connectivity index (χ3n) is 5.71. The van der Waals surface area contributed by atoms with Crippen LogP contribution in [0.5, 0.6) is 0 Å². The van der Waals surface area contributed by atoms with Crippen molar-refractivity contribution in [3.63, 3.8) is 0 Å². The normalized spacial score (nSPS) is 13.2. The number of nitrogens with zero attached hydrogens (tertiary/aromatic N) is 2. The average Bonchev–Trinajstić information content (AvgIpc) is 2.84. The minimum absolute atomic E-state index is 0.731. The third-order valence-corrected chi connectivity index (χ3v) is 5.93. The molecule has 3 aromatic carbocycles. The predicted octanol–water partition coefficient (Wildman–Crippen LogP) is 7.58. The highest BCUT2D eigenvalue weighted by atomic mass is 35.5. The number of benzene rings is 3. The first-order valence-corrected chi connectivity index (χ1v) is 11.0. The smallest absolute Gasteiger partial charge is 0.0426 e. The zero-order valence-corrected chi connectivity index (χ0v) is 18.6. The molecule has 0 spiro atoms. The number of hydrogen-bond acceptors (Lipinski definition) is 2. The minimum Gasteiger partial charge on any atom is -0.376 e. The van der Waals surface area contributed by atoms with Crippen LogP contribution >= 0.6 is 11.6 Å². The zero-order valence-electron chi connectivity index (χ0n) is 17.9. The summed E-state index contributed by atoms with van der Waals surface area (Å²) in [6.45, 7) is 0.905. The van der Waals surface area contributed by atoms with Crippen molar-refractivity contribution >= 4 is 17.2 Å². The van der Waals surface area contributed by atoms with E-state index in [-0.39, 0.29) is 0 Å². The Kier molecular flexibility index (Phi) is 5.62. The molecule has 1 aliphatic heterocycles. The van der Waals surface area contributed by atoms with E-state index in [4.69, 9.17) is 11.6 Å². The van der Waals surface area contributed by atoms with Crippen LogP contribution in [-0.2, 0) is 0 Å². The Balaban J connectivity index is 1.53. The van der Waals surface area contributed by atoms with E-state index in [1.54, 1.807) is 6.20 Å². The van der Waals surface area contributed by atoms with Crippen LogP contribution in [0.25, 0.3) is 39.0 Å². The number of pyridine rings is 1. The van der Waals surface area contributed by atoms with Gasteiger partial charge in [-0.25, -0.2) is 0 Å². The molecule has 0 bridgehead atoms. The average molecular weight is 435 g/mol. The summed E-state index contributed by atoms with van der Waals surface area (Å²) in [6, 6.07) is 27.5. The Bertz CT molecular complexity index is 1320. The van der Waals surface area contributed by atoms with E-state index >= 15 is 0 Å². The maximum absolute atomic E-state index is 6.58. The third kappa shape index (κ3) is 4.37. The van der Waals surface area contributed by atoms with Crippen molar-refractivity contribution in [2.24, 2.45) is 0 Å². The lowest BCUT2D eigenvalue weighted by molar-refractivity contribution is 0.512. The predicted molar refractivity (Wildman–Crippen MR) is 135 cm³/mol. The Morgan fingerprint density at radius 3 is 1.97 bits per heavy atom. The fourth-order valence-electron chi connectivity index (χ4n) is 4.10. The molecule has 0 radical (unpaired) electrons. The topological polar surface area (TPSA) is 16.1 Å². The van der Waals surface area contributed by atoms with Gasteiger partial charge in [-0.05, 0) is 87.6 Å². The van der Waals surface area contributed by atoms with E-state index in [2.05, 4.69) is 95.9 Å². The summed E-state index contributed by atoms with van der Waals surface area (Å²) in [4.78, 5) is 6.44. The molecule has 0 amide bonds. The van der Waals surface area contributed by atoms with Crippen molar-refractivity contribution < 1.29 is 0 Å². The highest BCUT2D eigenvalue weighted by molar-refractivity contribution is 6.31. The van der Waals surface area contributed by atoms with Crippen molar-refractivity contribution in [2.45, 2.75) is 0 Å². The van der Waals surface area contributed by atoms with Gasteiger partial charge in [0.25, 0.3) is 0 Å². The van der Waals surface area contributed by atoms with Gasteiger partial charge < -0.3 is 4.90 Å². The molecule has 1 aliphatic rings. The summed E-state index contributed by atoms with van der Waals surface area (Å²) >= 11 is 6.58. The van der Waals surface area contributed by atoms with Gasteiger partial charge in [0.2, 0.25) is 0 Å². The quantitative estimate of drug-likeness (QED) is 0.329. The number of allylic oxidation sites excluding steroid dienone is 2. The van der Waals surface area contributed by atoms with Gasteiger partial charge in [0, 0.05) is 36.6 Å². The summed E-state index contributed by atoms with van der Waals surface area (Å²) in [6.07, 6.45) is 10.1. The first-order chi connectivity index (χ1) is 15.7. The molecule has 0 N–H and O–H groups in total. The van der Waals surface area contributed by atoms with Gasteiger partial charge in [-0.2, -0.15) is 0 Å². The molecule has 0 atom stereocenters. The fraction of sp³-hybridized carbons (Fsp3) is 0.0690. The molecule has 0 unspecified atom stereocenters. The van der Waals surface area contributed by atoms with Crippen molar-refractivity contribution in [3.05, 3.63) is 120 Å². The summed E-state index contributed by atoms with van der Waals surface area (Å²) in [5.74, 6) is 0. The lowest BCUT2D eigenvalue weighted by Crippen LogP contribution is -2.15. The molecular weight excluding hydrogens is 412 g/mol. The van der Waals surface area contributed by atoms with E-state index in [9.17, 15) is 0 Å². The van der Waals surface area contributed by atoms with Crippen molar-refractivity contribution in [1.82, 2.24) is 9.88 Å². The minimum atomic E-state index is 0.731. The number of likely N-dealkylation sites (N-methyl/N-ethyl adjacent to an activating group) is 1. The van der Waals surface area contributed by atoms with Crippen LogP contribution in [0.1, 0.15) is 5.56 Å². The molecule has 5 rings (SSSR count). The van der Waals surface area contributed by atoms with Crippen LogP contribution in [0.15, 0.2) is 110 Å². The summed E-state index contributed by atoms with van der Waals surface area (Å²) in [5, 5.41) is 0.731. The molecule has 156 valence electrons. The second kappa shape index (κ2) is 8.86. The SMILES string of the molecule is CN1C=CC=C(c2cccc(-c3cc(Cl)cc(-c4cccc(-c5cccnc5)c4)c3)c2)C1. The largest absolute Gasteiger partial charge is 0.376 e. The lowest BCUT2D eigenvalue weighted by Gasteiger charge is -2.20. The summed E-state index contributed by atoms with van der Waals surface area (Å²) in [5.41, 5.74) is 9.29. The Morgan fingerprint density at radius 1 is 0.719 bits per heavy atom. The molecule has 0 saturated heterocycles. The number of hydrogen-bond donors (Lipinski definition) is 0. The van der Waals surface area contributed by atoms with Gasteiger partial charge >= 0.3 is 0 Å². The van der Waals surface area contributed by atoms with E-state index in [0.29, 0.717) is 0 Å². The second-order valence-electron chi connectivity index (χ2n) is 8.08. The van der Waals surface area contributed by atoms with Gasteiger partial charge in [0.05, 0.1) is 0 Å². The first-order valence-electron chi connectivity index (χ1n) is 10.7. The van der Waals surface area contributed by atoms with Crippen molar-refractivity contribution in [1.29, 1.82) is 0 Å². The van der Waals surface area contributed by atoms with Crippen LogP contribution in [-0.4, -0.2) is 23.5 Å². The lowest BCUT2D eigenvalue weighted by atomic mass is 9.94. The van der Waals surface area contributed by atoms with Crippen molar-refractivity contribution in [3.8, 4) is 33.4 Å². The van der Waals surface area contributed by atoms with E-state index in [1.807, 2.05) is 24.4 Å². The molecule has 0 saturated carbocycles. The molecule has 3 heteroatoms. The van der Waals surface area contributed by atoms with Crippen LogP contribution in [0.2, 0.25) is 5.02 Å². The number of halogens is 1. The van der Waals surface area contributed by atoms with E-state index in [1.165, 1.54) is 11.1 Å².